The number of aromatic amines is 1. The molecule has 0 radical (unpaired) electrons. The van der Waals surface area contributed by atoms with E-state index < -0.39 is 0 Å². The summed E-state index contributed by atoms with van der Waals surface area (Å²) in [7, 11) is 0. The van der Waals surface area contributed by atoms with Crippen molar-refractivity contribution in [1.82, 2.24) is 4.98 Å². The Balaban J connectivity index is 2.09. The van der Waals surface area contributed by atoms with Gasteiger partial charge in [-0.05, 0) is 18.2 Å². The molecule has 0 bridgehead atoms. The van der Waals surface area contributed by atoms with Crippen LogP contribution in [0, 0.1) is 11.3 Å². The maximum Gasteiger partial charge on any atom is 0.248 e. The third-order valence-corrected chi connectivity index (χ3v) is 3.70. The van der Waals surface area contributed by atoms with Crippen LogP contribution in [0.25, 0.3) is 11.1 Å². The van der Waals surface area contributed by atoms with Crippen molar-refractivity contribution in [2.75, 3.05) is 13.2 Å². The Kier molecular flexibility index (Phi) is 4.14. The molecule has 1 unspecified atom stereocenters. The first-order valence-corrected chi connectivity index (χ1v) is 7.22. The topological polar surface area (TPSA) is 75.1 Å². The number of benzene rings is 1. The number of H-pyrrole nitrogens is 1. The third-order valence-electron chi connectivity index (χ3n) is 3.46. The van der Waals surface area contributed by atoms with Crippen molar-refractivity contribution in [3.63, 3.8) is 0 Å². The smallest absolute Gasteiger partial charge is 0.248 e. The second-order valence-corrected chi connectivity index (χ2v) is 5.42. The summed E-state index contributed by atoms with van der Waals surface area (Å²) in [4.78, 5) is 14.3. The largest absolute Gasteiger partial charge is 0.486 e. The zero-order valence-electron chi connectivity index (χ0n) is 11.6. The zero-order valence-corrected chi connectivity index (χ0v) is 12.4. The molecule has 0 spiro atoms. The molecule has 2 aromatic rings. The average Bonchev–Trinajstić information content (AvgIpc) is 3.02. The molecule has 1 fully saturated rings. The Hall–Kier alpha value is -2.29. The van der Waals surface area contributed by atoms with Gasteiger partial charge in [0.25, 0.3) is 0 Å². The maximum absolute atomic E-state index is 11.7. The van der Waals surface area contributed by atoms with Gasteiger partial charge in [-0.1, -0.05) is 11.6 Å². The van der Waals surface area contributed by atoms with Crippen molar-refractivity contribution in [2.24, 2.45) is 0 Å². The number of halogens is 1. The van der Waals surface area contributed by atoms with Crippen molar-refractivity contribution in [3.8, 4) is 22.9 Å². The van der Waals surface area contributed by atoms with Gasteiger partial charge in [0.1, 0.15) is 11.9 Å². The molecule has 1 aromatic carbocycles. The molecule has 0 saturated carbocycles. The van der Waals surface area contributed by atoms with Gasteiger partial charge in [0, 0.05) is 34.8 Å². The Morgan fingerprint density at radius 2 is 2.23 bits per heavy atom. The molecule has 0 amide bonds. The normalized spacial score (nSPS) is 17.2. The fourth-order valence-corrected chi connectivity index (χ4v) is 2.56. The van der Waals surface area contributed by atoms with Crippen LogP contribution in [0.1, 0.15) is 12.0 Å². The van der Waals surface area contributed by atoms with E-state index in [1.807, 2.05) is 0 Å². The molecule has 1 aromatic heterocycles. The highest BCUT2D eigenvalue weighted by molar-refractivity contribution is 6.31. The summed E-state index contributed by atoms with van der Waals surface area (Å²) < 4.78 is 11.2. The van der Waals surface area contributed by atoms with E-state index in [9.17, 15) is 10.1 Å². The van der Waals surface area contributed by atoms with Crippen molar-refractivity contribution in [2.45, 2.75) is 12.5 Å². The van der Waals surface area contributed by atoms with Crippen LogP contribution in [0.3, 0.4) is 0 Å². The second-order valence-electron chi connectivity index (χ2n) is 4.98. The van der Waals surface area contributed by atoms with Crippen molar-refractivity contribution < 1.29 is 9.47 Å². The number of nitrogens with zero attached hydrogens (tertiary/aromatic N) is 1. The van der Waals surface area contributed by atoms with Gasteiger partial charge in [-0.25, -0.2) is 0 Å². The summed E-state index contributed by atoms with van der Waals surface area (Å²) in [5.74, 6) is 0.508. The molecule has 1 N–H and O–H groups in total. The predicted octanol–water partition coefficient (Wildman–Crippen LogP) is 2.73. The van der Waals surface area contributed by atoms with Crippen LogP contribution in [0.15, 0.2) is 35.3 Å². The lowest BCUT2D eigenvalue weighted by Crippen LogP contribution is -2.17. The minimum absolute atomic E-state index is 0.0608. The van der Waals surface area contributed by atoms with Crippen LogP contribution in [0.4, 0.5) is 0 Å². The first-order valence-electron chi connectivity index (χ1n) is 6.84. The molecular formula is C16H13ClN2O3. The lowest BCUT2D eigenvalue weighted by atomic mass is 10.0. The first kappa shape index (κ1) is 14.6. The fourth-order valence-electron chi connectivity index (χ4n) is 2.39. The van der Waals surface area contributed by atoms with Gasteiger partial charge in [-0.2, -0.15) is 5.26 Å². The molecule has 0 aliphatic carbocycles. The van der Waals surface area contributed by atoms with Crippen molar-refractivity contribution >= 4 is 11.6 Å². The van der Waals surface area contributed by atoms with Crippen LogP contribution >= 0.6 is 11.6 Å². The molecule has 22 heavy (non-hydrogen) atoms. The van der Waals surface area contributed by atoms with E-state index in [1.54, 1.807) is 18.2 Å². The Labute approximate surface area is 132 Å². The van der Waals surface area contributed by atoms with E-state index in [2.05, 4.69) is 11.1 Å². The first-order chi connectivity index (χ1) is 10.7. The van der Waals surface area contributed by atoms with Crippen molar-refractivity contribution in [1.29, 1.82) is 5.26 Å². The molecule has 5 nitrogen and oxygen atoms in total. The number of rotatable bonds is 3. The maximum atomic E-state index is 11.7. The van der Waals surface area contributed by atoms with Crippen LogP contribution in [-0.4, -0.2) is 24.3 Å². The van der Waals surface area contributed by atoms with Crippen LogP contribution in [0.2, 0.25) is 5.02 Å². The van der Waals surface area contributed by atoms with Gasteiger partial charge < -0.3 is 14.5 Å². The Bertz CT molecular complexity index is 789. The van der Waals surface area contributed by atoms with Crippen LogP contribution < -0.4 is 10.3 Å². The van der Waals surface area contributed by atoms with Gasteiger partial charge in [0.05, 0.1) is 24.8 Å². The molecule has 112 valence electrons. The lowest BCUT2D eigenvalue weighted by Gasteiger charge is -2.16. The summed E-state index contributed by atoms with van der Waals surface area (Å²) in [6, 6.07) is 8.45. The minimum Gasteiger partial charge on any atom is -0.486 e. The third kappa shape index (κ3) is 2.98. The average molecular weight is 317 g/mol. The van der Waals surface area contributed by atoms with E-state index in [1.165, 1.54) is 12.3 Å². The van der Waals surface area contributed by atoms with Gasteiger partial charge >= 0.3 is 0 Å². The molecular weight excluding hydrogens is 304 g/mol. The zero-order chi connectivity index (χ0) is 15.5. The van der Waals surface area contributed by atoms with Gasteiger partial charge in [0.2, 0.25) is 5.56 Å². The summed E-state index contributed by atoms with van der Waals surface area (Å²) in [6.07, 6.45) is 2.24. The summed E-state index contributed by atoms with van der Waals surface area (Å²) in [5.41, 5.74) is 1.29. The number of nitriles is 1. The molecule has 3 rings (SSSR count). The SMILES string of the molecule is N#Cc1ccc(Cl)cc1-c1cc(=O)[nH]cc1OC1CCOC1. The highest BCUT2D eigenvalue weighted by atomic mass is 35.5. The fraction of sp³-hybridized carbons (Fsp3) is 0.250. The highest BCUT2D eigenvalue weighted by Crippen LogP contribution is 2.33. The van der Waals surface area contributed by atoms with Crippen LogP contribution in [0.5, 0.6) is 5.75 Å². The minimum atomic E-state index is -0.270. The molecule has 1 saturated heterocycles. The number of aromatic nitrogens is 1. The number of pyridine rings is 1. The number of hydrogen-bond donors (Lipinski definition) is 1. The summed E-state index contributed by atoms with van der Waals surface area (Å²) in [5, 5.41) is 9.77. The molecule has 1 aliphatic heterocycles. The predicted molar refractivity (Wildman–Crippen MR) is 82.1 cm³/mol. The molecule has 1 aliphatic rings. The number of ether oxygens (including phenoxy) is 2. The van der Waals surface area contributed by atoms with Gasteiger partial charge in [0.15, 0.2) is 0 Å². The van der Waals surface area contributed by atoms with E-state index in [0.29, 0.717) is 40.7 Å². The number of hydrogen-bond acceptors (Lipinski definition) is 4. The standard InChI is InChI=1S/C16H13ClN2O3/c17-11-2-1-10(7-18)13(5-11)14-6-16(20)19-8-15(14)22-12-3-4-21-9-12/h1-2,5-6,8,12H,3-4,9H2,(H,19,20). The second kappa shape index (κ2) is 6.22. The molecule has 1 atom stereocenters. The van der Waals surface area contributed by atoms with E-state index in [4.69, 9.17) is 21.1 Å². The molecule has 2 heterocycles. The van der Waals surface area contributed by atoms with E-state index in [0.717, 1.165) is 6.42 Å². The lowest BCUT2D eigenvalue weighted by molar-refractivity contribution is 0.141. The Morgan fingerprint density at radius 3 is 2.95 bits per heavy atom. The van der Waals surface area contributed by atoms with Gasteiger partial charge in [-0.15, -0.1) is 0 Å². The summed E-state index contributed by atoms with van der Waals surface area (Å²) >= 11 is 6.03. The summed E-state index contributed by atoms with van der Waals surface area (Å²) in [6.45, 7) is 1.17. The van der Waals surface area contributed by atoms with E-state index >= 15 is 0 Å². The molecule has 6 heteroatoms. The highest BCUT2D eigenvalue weighted by Gasteiger charge is 2.20. The number of nitrogens with one attached hydrogen (secondary N) is 1. The van der Waals surface area contributed by atoms with Gasteiger partial charge in [-0.3, -0.25) is 4.79 Å². The Morgan fingerprint density at radius 1 is 1.36 bits per heavy atom. The van der Waals surface area contributed by atoms with Crippen LogP contribution in [-0.2, 0) is 4.74 Å². The van der Waals surface area contributed by atoms with E-state index in [-0.39, 0.29) is 11.7 Å². The van der Waals surface area contributed by atoms with Crippen molar-refractivity contribution in [3.05, 3.63) is 51.4 Å². The quantitative estimate of drug-likeness (QED) is 0.944. The monoisotopic (exact) mass is 316 g/mol.